The molecule has 0 radical (unpaired) electrons. The molecule has 0 saturated carbocycles. The summed E-state index contributed by atoms with van der Waals surface area (Å²) in [6.07, 6.45) is 1.74. The molecule has 0 aliphatic heterocycles. The van der Waals surface area contributed by atoms with Crippen LogP contribution in [0.5, 0.6) is 0 Å². The van der Waals surface area contributed by atoms with Gasteiger partial charge in [-0.25, -0.2) is 9.97 Å². The van der Waals surface area contributed by atoms with Gasteiger partial charge >= 0.3 is 0 Å². The number of aryl methyl sites for hydroxylation is 1. The Hall–Kier alpha value is -1.69. The number of nitrogens with one attached hydrogen (secondary N) is 1. The molecule has 104 valence electrons. The van der Waals surface area contributed by atoms with Crippen LogP contribution in [0.2, 0.25) is 0 Å². The van der Waals surface area contributed by atoms with Gasteiger partial charge in [-0.1, -0.05) is 0 Å². The van der Waals surface area contributed by atoms with Gasteiger partial charge in [0.1, 0.15) is 5.82 Å². The summed E-state index contributed by atoms with van der Waals surface area (Å²) in [4.78, 5) is 12.2. The van der Waals surface area contributed by atoms with Gasteiger partial charge in [0.25, 0.3) is 0 Å². The van der Waals surface area contributed by atoms with Crippen LogP contribution >= 0.6 is 15.9 Å². The van der Waals surface area contributed by atoms with Gasteiger partial charge in [0, 0.05) is 22.4 Å². The number of pyridine rings is 1. The van der Waals surface area contributed by atoms with Crippen LogP contribution in [-0.4, -0.2) is 24.7 Å². The van der Waals surface area contributed by atoms with E-state index >= 15 is 0 Å². The Kier molecular flexibility index (Phi) is 3.12. The summed E-state index contributed by atoms with van der Waals surface area (Å²) in [6, 6.07) is 2.23. The molecule has 20 heavy (non-hydrogen) atoms. The summed E-state index contributed by atoms with van der Waals surface area (Å²) in [5, 5.41) is 4.60. The fourth-order valence-corrected chi connectivity index (χ4v) is 2.90. The molecule has 3 heterocycles. The summed E-state index contributed by atoms with van der Waals surface area (Å²) >= 11 is 3.52. The highest BCUT2D eigenvalue weighted by atomic mass is 79.9. The number of H-pyrrole nitrogens is 1. The van der Waals surface area contributed by atoms with Crippen molar-refractivity contribution in [1.82, 2.24) is 24.7 Å². The lowest BCUT2D eigenvalue weighted by Gasteiger charge is -2.07. The van der Waals surface area contributed by atoms with E-state index in [4.69, 9.17) is 0 Å². The second kappa shape index (κ2) is 4.70. The van der Waals surface area contributed by atoms with Crippen LogP contribution in [0.15, 0.2) is 16.7 Å². The molecule has 0 amide bonds. The average Bonchev–Trinajstić information content (AvgIpc) is 2.91. The maximum absolute atomic E-state index is 4.60. The maximum Gasteiger partial charge on any atom is 0.179 e. The van der Waals surface area contributed by atoms with Crippen molar-refractivity contribution in [2.45, 2.75) is 33.7 Å². The molecule has 0 aliphatic rings. The third-order valence-corrected chi connectivity index (χ3v) is 4.05. The Morgan fingerprint density at radius 2 is 2.05 bits per heavy atom. The monoisotopic (exact) mass is 333 g/mol. The highest BCUT2D eigenvalue weighted by molar-refractivity contribution is 9.10. The number of hydrogen-bond donors (Lipinski definition) is 1. The molecule has 1 N–H and O–H groups in total. The van der Waals surface area contributed by atoms with Crippen LogP contribution < -0.4 is 0 Å². The van der Waals surface area contributed by atoms with Crippen molar-refractivity contribution in [1.29, 1.82) is 0 Å². The Bertz CT molecular complexity index is 784. The number of fused-ring (bicyclic) bond motifs is 1. The first-order chi connectivity index (χ1) is 9.49. The molecule has 3 aromatic heterocycles. The summed E-state index contributed by atoms with van der Waals surface area (Å²) in [6.45, 7) is 8.34. The third kappa shape index (κ3) is 1.95. The fourth-order valence-electron chi connectivity index (χ4n) is 2.51. The molecule has 0 spiro atoms. The largest absolute Gasteiger partial charge is 0.336 e. The van der Waals surface area contributed by atoms with Crippen molar-refractivity contribution in [3.63, 3.8) is 0 Å². The summed E-state index contributed by atoms with van der Waals surface area (Å²) in [5.74, 6) is 0.821. The van der Waals surface area contributed by atoms with Crippen molar-refractivity contribution in [2.24, 2.45) is 0 Å². The zero-order valence-corrected chi connectivity index (χ0v) is 13.5. The van der Waals surface area contributed by atoms with Gasteiger partial charge < -0.3 is 4.98 Å². The highest BCUT2D eigenvalue weighted by Crippen LogP contribution is 2.29. The third-order valence-electron chi connectivity index (χ3n) is 3.39. The van der Waals surface area contributed by atoms with Gasteiger partial charge in [-0.3, -0.25) is 4.68 Å². The van der Waals surface area contributed by atoms with Gasteiger partial charge in [-0.15, -0.1) is 0 Å². The lowest BCUT2D eigenvalue weighted by molar-refractivity contribution is 0.516. The Balaban J connectivity index is 2.23. The molecular weight excluding hydrogens is 318 g/mol. The minimum absolute atomic E-state index is 0.330. The van der Waals surface area contributed by atoms with Gasteiger partial charge in [-0.05, 0) is 49.7 Å². The smallest absolute Gasteiger partial charge is 0.179 e. The van der Waals surface area contributed by atoms with E-state index in [1.54, 1.807) is 6.20 Å². The molecule has 3 rings (SSSR count). The minimum atomic E-state index is 0.330. The number of aromatic amines is 1. The number of nitrogens with zero attached hydrogens (tertiary/aromatic N) is 4. The lowest BCUT2D eigenvalue weighted by Crippen LogP contribution is -2.04. The average molecular weight is 334 g/mol. The van der Waals surface area contributed by atoms with E-state index in [0.29, 0.717) is 11.7 Å². The Morgan fingerprint density at radius 3 is 2.65 bits per heavy atom. The fraction of sp³-hybridized carbons (Fsp3) is 0.357. The minimum Gasteiger partial charge on any atom is -0.336 e. The molecule has 6 heteroatoms. The second-order valence-electron chi connectivity index (χ2n) is 5.16. The number of aromatic nitrogens is 5. The lowest BCUT2D eigenvalue weighted by atomic mass is 10.2. The van der Waals surface area contributed by atoms with Crippen LogP contribution in [0.1, 0.15) is 31.3 Å². The van der Waals surface area contributed by atoms with Crippen LogP contribution in [0.3, 0.4) is 0 Å². The van der Waals surface area contributed by atoms with Crippen LogP contribution in [0.25, 0.3) is 22.6 Å². The number of hydrogen-bond acceptors (Lipinski definition) is 3. The molecule has 3 aromatic rings. The standard InChI is InChI=1S/C14H16BrN5/c1-7(2)20-9(4)11(8(3)19-20)13-17-12-10(15)5-6-16-14(12)18-13/h5-7H,1-4H3,(H,16,17,18). The quantitative estimate of drug-likeness (QED) is 0.776. The zero-order chi connectivity index (χ0) is 14.4. The first-order valence-corrected chi connectivity index (χ1v) is 7.34. The van der Waals surface area contributed by atoms with Gasteiger partial charge in [0.15, 0.2) is 5.65 Å². The van der Waals surface area contributed by atoms with E-state index in [0.717, 1.165) is 32.8 Å². The van der Waals surface area contributed by atoms with Crippen molar-refractivity contribution in [2.75, 3.05) is 0 Å². The first kappa shape index (κ1) is 13.3. The molecule has 0 aromatic carbocycles. The van der Waals surface area contributed by atoms with Gasteiger partial charge in [-0.2, -0.15) is 5.10 Å². The Labute approximate surface area is 125 Å². The topological polar surface area (TPSA) is 59.4 Å². The van der Waals surface area contributed by atoms with E-state index in [1.807, 2.05) is 17.7 Å². The molecule has 0 bridgehead atoms. The molecule has 0 atom stereocenters. The molecule has 0 fully saturated rings. The summed E-state index contributed by atoms with van der Waals surface area (Å²) < 4.78 is 2.99. The zero-order valence-electron chi connectivity index (χ0n) is 11.9. The molecule has 5 nitrogen and oxygen atoms in total. The molecule has 0 aliphatic carbocycles. The second-order valence-corrected chi connectivity index (χ2v) is 6.02. The maximum atomic E-state index is 4.60. The number of imidazole rings is 1. The molecule has 0 saturated heterocycles. The summed E-state index contributed by atoms with van der Waals surface area (Å²) in [5.41, 5.74) is 4.78. The van der Waals surface area contributed by atoms with Crippen molar-refractivity contribution in [3.05, 3.63) is 28.1 Å². The van der Waals surface area contributed by atoms with E-state index in [9.17, 15) is 0 Å². The molecule has 0 unspecified atom stereocenters. The SMILES string of the molecule is Cc1nn(C(C)C)c(C)c1-c1nc2nccc(Br)c2[nH]1. The predicted octanol–water partition coefficient (Wildman–Crippen LogP) is 3.78. The predicted molar refractivity (Wildman–Crippen MR) is 82.7 cm³/mol. The normalized spacial score (nSPS) is 11.7. The van der Waals surface area contributed by atoms with E-state index in [-0.39, 0.29) is 0 Å². The first-order valence-electron chi connectivity index (χ1n) is 6.55. The van der Waals surface area contributed by atoms with Crippen LogP contribution in [-0.2, 0) is 0 Å². The van der Waals surface area contributed by atoms with Crippen molar-refractivity contribution in [3.8, 4) is 11.4 Å². The molecular formula is C14H16BrN5. The number of rotatable bonds is 2. The highest BCUT2D eigenvalue weighted by Gasteiger charge is 2.18. The van der Waals surface area contributed by atoms with E-state index in [2.05, 4.69) is 56.8 Å². The van der Waals surface area contributed by atoms with Crippen LogP contribution in [0, 0.1) is 13.8 Å². The van der Waals surface area contributed by atoms with E-state index in [1.165, 1.54) is 0 Å². The van der Waals surface area contributed by atoms with Gasteiger partial charge in [0.05, 0.1) is 16.8 Å². The van der Waals surface area contributed by atoms with Gasteiger partial charge in [0.2, 0.25) is 0 Å². The van der Waals surface area contributed by atoms with Crippen LogP contribution in [0.4, 0.5) is 0 Å². The number of halogens is 1. The summed E-state index contributed by atoms with van der Waals surface area (Å²) in [7, 11) is 0. The van der Waals surface area contributed by atoms with Crippen molar-refractivity contribution < 1.29 is 0 Å². The van der Waals surface area contributed by atoms with E-state index < -0.39 is 0 Å². The van der Waals surface area contributed by atoms with Crippen molar-refractivity contribution >= 4 is 27.1 Å². The Morgan fingerprint density at radius 1 is 1.30 bits per heavy atom.